The zero-order chi connectivity index (χ0) is 12.3. The van der Waals surface area contributed by atoms with Gasteiger partial charge >= 0.3 is 6.03 Å². The third-order valence-corrected chi connectivity index (χ3v) is 3.48. The van der Waals surface area contributed by atoms with Crippen LogP contribution in [0.2, 0.25) is 0 Å². The standard InChI is InChI=1S/C11H17N3O2S/c1-7(5-15)13-11(16)12-4-10-14-9(6-17-10)8-2-3-8/h6-8,15H,2-5H2,1H3,(H2,12,13,16)/t7-/m0/s1. The van der Waals surface area contributed by atoms with E-state index in [0.29, 0.717) is 12.5 Å². The molecule has 6 heteroatoms. The molecule has 1 aliphatic carbocycles. The molecule has 1 saturated carbocycles. The van der Waals surface area contributed by atoms with Gasteiger partial charge in [-0.3, -0.25) is 0 Å². The van der Waals surface area contributed by atoms with Crippen molar-refractivity contribution in [2.24, 2.45) is 0 Å². The van der Waals surface area contributed by atoms with E-state index in [1.165, 1.54) is 12.8 Å². The molecule has 3 N–H and O–H groups in total. The minimum atomic E-state index is -0.269. The Morgan fingerprint density at radius 1 is 1.71 bits per heavy atom. The number of thiazole rings is 1. The number of rotatable bonds is 5. The molecule has 17 heavy (non-hydrogen) atoms. The average Bonchev–Trinajstić information content (AvgIpc) is 3.06. The number of carbonyl (C=O) groups excluding carboxylic acids is 1. The molecule has 1 aromatic rings. The van der Waals surface area contributed by atoms with E-state index in [1.54, 1.807) is 18.3 Å². The van der Waals surface area contributed by atoms with Crippen molar-refractivity contribution in [3.05, 3.63) is 16.1 Å². The minimum absolute atomic E-state index is 0.0590. The lowest BCUT2D eigenvalue weighted by Crippen LogP contribution is -2.41. The van der Waals surface area contributed by atoms with E-state index in [9.17, 15) is 4.79 Å². The van der Waals surface area contributed by atoms with E-state index in [0.717, 1.165) is 10.7 Å². The molecule has 0 aliphatic heterocycles. The minimum Gasteiger partial charge on any atom is -0.394 e. The van der Waals surface area contributed by atoms with Crippen LogP contribution in [0.3, 0.4) is 0 Å². The highest BCUT2D eigenvalue weighted by molar-refractivity contribution is 7.09. The Kier molecular flexibility index (Phi) is 3.96. The maximum Gasteiger partial charge on any atom is 0.315 e. The zero-order valence-electron chi connectivity index (χ0n) is 9.77. The number of nitrogens with zero attached hydrogens (tertiary/aromatic N) is 1. The van der Waals surface area contributed by atoms with Crippen molar-refractivity contribution < 1.29 is 9.90 Å². The molecule has 0 aromatic carbocycles. The van der Waals surface area contributed by atoms with Gasteiger partial charge in [0, 0.05) is 11.3 Å². The summed E-state index contributed by atoms with van der Waals surface area (Å²) < 4.78 is 0. The Balaban J connectivity index is 1.74. The second kappa shape index (κ2) is 5.46. The first kappa shape index (κ1) is 12.3. The fraction of sp³-hybridized carbons (Fsp3) is 0.636. The number of aliphatic hydroxyl groups excluding tert-OH is 1. The summed E-state index contributed by atoms with van der Waals surface area (Å²) in [4.78, 5) is 15.9. The summed E-state index contributed by atoms with van der Waals surface area (Å²) in [6.45, 7) is 2.13. The number of urea groups is 1. The first-order chi connectivity index (χ1) is 8.19. The predicted molar refractivity (Wildman–Crippen MR) is 66.0 cm³/mol. The summed E-state index contributed by atoms with van der Waals surface area (Å²) in [6.07, 6.45) is 2.48. The van der Waals surface area contributed by atoms with Gasteiger partial charge in [-0.25, -0.2) is 9.78 Å². The molecular weight excluding hydrogens is 238 g/mol. The van der Waals surface area contributed by atoms with Crippen molar-refractivity contribution in [3.63, 3.8) is 0 Å². The number of nitrogens with one attached hydrogen (secondary N) is 2. The Morgan fingerprint density at radius 3 is 3.12 bits per heavy atom. The van der Waals surface area contributed by atoms with Crippen molar-refractivity contribution in [2.45, 2.75) is 38.3 Å². The van der Waals surface area contributed by atoms with Gasteiger partial charge in [-0.05, 0) is 19.8 Å². The maximum absolute atomic E-state index is 11.4. The van der Waals surface area contributed by atoms with Crippen LogP contribution in [0.5, 0.6) is 0 Å². The third-order valence-electron chi connectivity index (χ3n) is 2.62. The summed E-state index contributed by atoms with van der Waals surface area (Å²) in [5, 5.41) is 17.1. The molecule has 2 rings (SSSR count). The maximum atomic E-state index is 11.4. The molecule has 0 saturated heterocycles. The Bertz CT molecular complexity index is 390. The number of carbonyl (C=O) groups is 1. The van der Waals surface area contributed by atoms with E-state index in [-0.39, 0.29) is 18.7 Å². The van der Waals surface area contributed by atoms with Crippen molar-refractivity contribution in [2.75, 3.05) is 6.61 Å². The topological polar surface area (TPSA) is 74.2 Å². The van der Waals surface area contributed by atoms with E-state index in [2.05, 4.69) is 21.0 Å². The van der Waals surface area contributed by atoms with Crippen molar-refractivity contribution in [1.82, 2.24) is 15.6 Å². The number of aliphatic hydroxyl groups is 1. The van der Waals surface area contributed by atoms with Crippen LogP contribution in [0, 0.1) is 0 Å². The number of hydrogen-bond acceptors (Lipinski definition) is 4. The second-order valence-electron chi connectivity index (χ2n) is 4.35. The van der Waals surface area contributed by atoms with Gasteiger partial charge < -0.3 is 15.7 Å². The van der Waals surface area contributed by atoms with Crippen LogP contribution in [0.4, 0.5) is 4.79 Å². The van der Waals surface area contributed by atoms with Gasteiger partial charge in [-0.15, -0.1) is 11.3 Å². The molecule has 1 atom stereocenters. The molecule has 1 aromatic heterocycles. The Morgan fingerprint density at radius 2 is 2.47 bits per heavy atom. The molecule has 1 heterocycles. The van der Waals surface area contributed by atoms with E-state index in [4.69, 9.17) is 5.11 Å². The summed E-state index contributed by atoms with van der Waals surface area (Å²) in [5.41, 5.74) is 1.16. The van der Waals surface area contributed by atoms with Gasteiger partial charge in [0.1, 0.15) is 5.01 Å². The molecule has 94 valence electrons. The van der Waals surface area contributed by atoms with Crippen LogP contribution >= 0.6 is 11.3 Å². The van der Waals surface area contributed by atoms with E-state index < -0.39 is 0 Å². The fourth-order valence-electron chi connectivity index (χ4n) is 1.45. The number of aromatic nitrogens is 1. The van der Waals surface area contributed by atoms with Crippen LogP contribution in [0.15, 0.2) is 5.38 Å². The fourth-order valence-corrected chi connectivity index (χ4v) is 2.26. The number of hydrogen-bond donors (Lipinski definition) is 3. The largest absolute Gasteiger partial charge is 0.394 e. The van der Waals surface area contributed by atoms with Gasteiger partial charge in [0.2, 0.25) is 0 Å². The molecular formula is C11H17N3O2S. The quantitative estimate of drug-likeness (QED) is 0.740. The lowest BCUT2D eigenvalue weighted by Gasteiger charge is -2.10. The highest BCUT2D eigenvalue weighted by Gasteiger charge is 2.25. The Labute approximate surface area is 104 Å². The SMILES string of the molecule is C[C@@H](CO)NC(=O)NCc1nc(C2CC2)cs1. The van der Waals surface area contributed by atoms with Crippen LogP contribution in [0.1, 0.15) is 36.4 Å². The predicted octanol–water partition coefficient (Wildman–Crippen LogP) is 1.20. The van der Waals surface area contributed by atoms with Crippen LogP contribution in [0.25, 0.3) is 0 Å². The van der Waals surface area contributed by atoms with Crippen LogP contribution < -0.4 is 10.6 Å². The first-order valence-corrected chi connectivity index (χ1v) is 6.66. The van der Waals surface area contributed by atoms with Crippen molar-refractivity contribution in [1.29, 1.82) is 0 Å². The van der Waals surface area contributed by atoms with Gasteiger partial charge in [0.15, 0.2) is 0 Å². The van der Waals surface area contributed by atoms with Crippen LogP contribution in [-0.4, -0.2) is 28.8 Å². The molecule has 1 aliphatic rings. The molecule has 0 bridgehead atoms. The van der Waals surface area contributed by atoms with Crippen molar-refractivity contribution >= 4 is 17.4 Å². The summed E-state index contributed by atoms with van der Waals surface area (Å²) >= 11 is 1.58. The monoisotopic (exact) mass is 255 g/mol. The van der Waals surface area contributed by atoms with Gasteiger partial charge in [-0.1, -0.05) is 0 Å². The van der Waals surface area contributed by atoms with E-state index in [1.807, 2.05) is 0 Å². The zero-order valence-corrected chi connectivity index (χ0v) is 10.6. The lowest BCUT2D eigenvalue weighted by atomic mass is 10.3. The summed E-state index contributed by atoms with van der Waals surface area (Å²) in [6, 6.07) is -0.497. The first-order valence-electron chi connectivity index (χ1n) is 5.78. The van der Waals surface area contributed by atoms with Gasteiger partial charge in [0.05, 0.1) is 24.9 Å². The summed E-state index contributed by atoms with van der Waals surface area (Å²) in [7, 11) is 0. The second-order valence-corrected chi connectivity index (χ2v) is 5.29. The molecule has 0 unspecified atom stereocenters. The molecule has 0 spiro atoms. The van der Waals surface area contributed by atoms with Gasteiger partial charge in [-0.2, -0.15) is 0 Å². The van der Waals surface area contributed by atoms with Crippen molar-refractivity contribution in [3.8, 4) is 0 Å². The molecule has 2 amide bonds. The van der Waals surface area contributed by atoms with E-state index >= 15 is 0 Å². The highest BCUT2D eigenvalue weighted by atomic mass is 32.1. The van der Waals surface area contributed by atoms with Gasteiger partial charge in [0.25, 0.3) is 0 Å². The normalized spacial score (nSPS) is 16.6. The highest BCUT2D eigenvalue weighted by Crippen LogP contribution is 2.40. The molecule has 5 nitrogen and oxygen atoms in total. The molecule has 0 radical (unpaired) electrons. The number of amides is 2. The van der Waals surface area contributed by atoms with Crippen LogP contribution in [-0.2, 0) is 6.54 Å². The summed E-state index contributed by atoms with van der Waals surface area (Å²) in [5.74, 6) is 0.656. The smallest absolute Gasteiger partial charge is 0.315 e. The average molecular weight is 255 g/mol. The Hall–Kier alpha value is -1.14. The third kappa shape index (κ3) is 3.67. The molecule has 1 fully saturated rings. The lowest BCUT2D eigenvalue weighted by molar-refractivity contribution is 0.220.